The number of aromatic nitrogens is 4. The molecule has 0 spiro atoms. The average molecular weight is 576 g/mol. The Kier molecular flexibility index (Phi) is 9.02. The average Bonchev–Trinajstić information content (AvgIpc) is 3.48. The smallest absolute Gasteiger partial charge is 0.274 e. The van der Waals surface area contributed by atoms with E-state index in [1.54, 1.807) is 19.1 Å². The van der Waals surface area contributed by atoms with Crippen LogP contribution in [0, 0.1) is 13.8 Å². The fraction of sp³-hybridized carbons (Fsp3) is 0.364. The molecule has 14 heteroatoms. The van der Waals surface area contributed by atoms with Gasteiger partial charge in [0.15, 0.2) is 0 Å². The summed E-state index contributed by atoms with van der Waals surface area (Å²) in [6.45, 7) is 8.05. The molecule has 0 radical (unpaired) electrons. The summed E-state index contributed by atoms with van der Waals surface area (Å²) in [5.41, 5.74) is 3.78. The summed E-state index contributed by atoms with van der Waals surface area (Å²) < 4.78 is 52.4. The monoisotopic (exact) mass is 574 g/mol. The second kappa shape index (κ2) is 11.4. The summed E-state index contributed by atoms with van der Waals surface area (Å²) in [6.07, 6.45) is 1.77. The number of halogens is 2. The minimum absolute atomic E-state index is 0.0187. The molecule has 0 fully saturated rings. The van der Waals surface area contributed by atoms with Crippen LogP contribution in [0.3, 0.4) is 0 Å². The van der Waals surface area contributed by atoms with Gasteiger partial charge in [-0.3, -0.25) is 0 Å². The van der Waals surface area contributed by atoms with Crippen LogP contribution >= 0.6 is 23.2 Å². The Morgan fingerprint density at radius 2 is 1.47 bits per heavy atom. The summed E-state index contributed by atoms with van der Waals surface area (Å²) in [5, 5.41) is 0.640. The van der Waals surface area contributed by atoms with Crippen LogP contribution in [0.25, 0.3) is 22.1 Å². The lowest BCUT2D eigenvalue weighted by Crippen LogP contribution is -2.25. The largest absolute Gasteiger partial charge is 0.328 e. The van der Waals surface area contributed by atoms with Crippen LogP contribution in [0.4, 0.5) is 0 Å². The lowest BCUT2D eigenvalue weighted by atomic mass is 10.1. The molecule has 2 aromatic carbocycles. The number of nitrogens with one attached hydrogen (secondary N) is 4. The van der Waals surface area contributed by atoms with Crippen molar-refractivity contribution in [3.8, 4) is 0 Å². The van der Waals surface area contributed by atoms with Crippen molar-refractivity contribution in [2.75, 3.05) is 13.1 Å². The van der Waals surface area contributed by atoms with E-state index >= 15 is 0 Å². The van der Waals surface area contributed by atoms with Crippen molar-refractivity contribution in [3.05, 3.63) is 45.4 Å². The quantitative estimate of drug-likeness (QED) is 0.229. The lowest BCUT2D eigenvalue weighted by Gasteiger charge is -2.05. The summed E-state index contributed by atoms with van der Waals surface area (Å²) >= 11 is 12.4. The first-order chi connectivity index (χ1) is 16.9. The Morgan fingerprint density at radius 1 is 0.861 bits per heavy atom. The number of unbranched alkanes of at least 4 members (excludes halogenated alkanes) is 1. The van der Waals surface area contributed by atoms with Gasteiger partial charge < -0.3 is 9.97 Å². The zero-order valence-electron chi connectivity index (χ0n) is 20.2. The van der Waals surface area contributed by atoms with Gasteiger partial charge in [0.1, 0.15) is 5.52 Å². The van der Waals surface area contributed by atoms with Crippen LogP contribution < -0.4 is 9.44 Å². The second-order valence-corrected chi connectivity index (χ2v) is 12.1. The van der Waals surface area contributed by atoms with E-state index in [9.17, 15) is 16.8 Å². The van der Waals surface area contributed by atoms with Crippen molar-refractivity contribution < 1.29 is 16.8 Å². The number of para-hydroxylation sites is 2. The van der Waals surface area contributed by atoms with Crippen molar-refractivity contribution in [1.82, 2.24) is 29.4 Å². The van der Waals surface area contributed by atoms with Gasteiger partial charge in [-0.1, -0.05) is 55.6 Å². The highest BCUT2D eigenvalue weighted by atomic mass is 35.5. The second-order valence-electron chi connectivity index (χ2n) is 7.96. The first kappa shape index (κ1) is 28.4. The molecule has 0 bridgehead atoms. The molecule has 2 heterocycles. The number of imidazole rings is 2. The van der Waals surface area contributed by atoms with Crippen LogP contribution in [0.1, 0.15) is 37.8 Å². The summed E-state index contributed by atoms with van der Waals surface area (Å²) in [6, 6.07) is 7.23. The molecule has 0 amide bonds. The molecule has 2 aromatic heterocycles. The van der Waals surface area contributed by atoms with Gasteiger partial charge in [0.2, 0.25) is 10.3 Å². The van der Waals surface area contributed by atoms with Gasteiger partial charge in [0.05, 0.1) is 26.6 Å². The number of benzene rings is 2. The zero-order chi connectivity index (χ0) is 26.7. The summed E-state index contributed by atoms with van der Waals surface area (Å²) in [4.78, 5) is 13.6. The Labute approximate surface area is 220 Å². The highest BCUT2D eigenvalue weighted by molar-refractivity contribution is 7.89. The molecule has 196 valence electrons. The maximum atomic E-state index is 11.9. The van der Waals surface area contributed by atoms with Gasteiger partial charge in [-0.2, -0.15) is 0 Å². The van der Waals surface area contributed by atoms with Crippen LogP contribution in [-0.4, -0.2) is 49.9 Å². The van der Waals surface area contributed by atoms with Crippen molar-refractivity contribution >= 4 is 65.3 Å². The SMILES string of the molecule is CCCCNS(=O)(=O)c1nc2ccccc2[nH]1.CCNS(=O)(=O)c1nc2c(Cl)c(C)c(C)c(Cl)c2[nH]1. The molecule has 0 aliphatic rings. The number of aromatic amines is 2. The number of hydrogen-bond acceptors (Lipinski definition) is 6. The molecule has 0 saturated heterocycles. The minimum Gasteiger partial charge on any atom is -0.328 e. The fourth-order valence-electron chi connectivity index (χ4n) is 3.26. The maximum Gasteiger partial charge on any atom is 0.274 e. The van der Waals surface area contributed by atoms with Crippen molar-refractivity contribution in [2.45, 2.75) is 50.8 Å². The topological polar surface area (TPSA) is 150 Å². The van der Waals surface area contributed by atoms with Crippen LogP contribution in [0.15, 0.2) is 34.6 Å². The van der Waals surface area contributed by atoms with E-state index in [4.69, 9.17) is 23.2 Å². The lowest BCUT2D eigenvalue weighted by molar-refractivity contribution is 0.571. The van der Waals surface area contributed by atoms with E-state index in [1.807, 2.05) is 32.9 Å². The first-order valence-corrected chi connectivity index (χ1v) is 14.9. The molecular weight excluding hydrogens is 547 g/mol. The third kappa shape index (κ3) is 6.01. The van der Waals surface area contributed by atoms with Crippen LogP contribution in [-0.2, 0) is 20.0 Å². The molecule has 4 aromatic rings. The molecule has 10 nitrogen and oxygen atoms in total. The molecule has 0 aliphatic heterocycles. The Hall–Kier alpha value is -2.22. The van der Waals surface area contributed by atoms with Crippen LogP contribution in [0.5, 0.6) is 0 Å². The molecule has 36 heavy (non-hydrogen) atoms. The standard InChI is InChI=1S/C11H13Cl2N3O2S.C11H15N3O2S/c1-4-14-19(17,18)11-15-9-7(12)5(2)6(3)8(13)10(9)16-11;1-2-3-8-12-17(15,16)11-13-9-6-4-5-7-10(9)14-11/h14H,4H2,1-3H3,(H,15,16);4-7,12H,2-3,8H2,1H3,(H,13,14). The first-order valence-electron chi connectivity index (χ1n) is 11.2. The number of H-pyrrole nitrogens is 2. The molecule has 0 atom stereocenters. The molecule has 0 saturated carbocycles. The normalized spacial score (nSPS) is 12.2. The molecular formula is C22H28Cl2N6O4S2. The van der Waals surface area contributed by atoms with Gasteiger partial charge in [0.25, 0.3) is 20.0 Å². The number of rotatable bonds is 8. The van der Waals surface area contributed by atoms with Gasteiger partial charge in [0, 0.05) is 13.1 Å². The minimum atomic E-state index is -3.67. The van der Waals surface area contributed by atoms with Crippen molar-refractivity contribution in [3.63, 3.8) is 0 Å². The van der Waals surface area contributed by atoms with Crippen molar-refractivity contribution in [2.24, 2.45) is 0 Å². The predicted octanol–water partition coefficient (Wildman–Crippen LogP) is 4.43. The Balaban J connectivity index is 0.000000202. The molecule has 0 aliphatic carbocycles. The molecule has 4 rings (SSSR count). The number of sulfonamides is 2. The third-order valence-electron chi connectivity index (χ3n) is 5.36. The zero-order valence-corrected chi connectivity index (χ0v) is 23.4. The number of hydrogen-bond donors (Lipinski definition) is 4. The molecule has 0 unspecified atom stereocenters. The number of fused-ring (bicyclic) bond motifs is 2. The van der Waals surface area contributed by atoms with E-state index in [0.717, 1.165) is 29.5 Å². The van der Waals surface area contributed by atoms with Crippen LogP contribution in [0.2, 0.25) is 10.0 Å². The number of nitrogens with zero attached hydrogens (tertiary/aromatic N) is 2. The van der Waals surface area contributed by atoms with Gasteiger partial charge in [-0.25, -0.2) is 36.2 Å². The molecule has 4 N–H and O–H groups in total. The summed E-state index contributed by atoms with van der Waals surface area (Å²) in [7, 11) is -7.18. The maximum absolute atomic E-state index is 11.9. The van der Waals surface area contributed by atoms with E-state index in [-0.39, 0.29) is 16.9 Å². The highest BCUT2D eigenvalue weighted by Gasteiger charge is 2.22. The Morgan fingerprint density at radius 3 is 2.11 bits per heavy atom. The predicted molar refractivity (Wildman–Crippen MR) is 143 cm³/mol. The Bertz CT molecular complexity index is 1520. The van der Waals surface area contributed by atoms with Gasteiger partial charge in [-0.05, 0) is 43.5 Å². The van der Waals surface area contributed by atoms with E-state index < -0.39 is 20.0 Å². The van der Waals surface area contributed by atoms with Gasteiger partial charge in [-0.15, -0.1) is 0 Å². The van der Waals surface area contributed by atoms with Crippen molar-refractivity contribution in [1.29, 1.82) is 0 Å². The third-order valence-corrected chi connectivity index (χ3v) is 8.96. The van der Waals surface area contributed by atoms with E-state index in [0.29, 0.717) is 33.1 Å². The summed E-state index contributed by atoms with van der Waals surface area (Å²) in [5.74, 6) is 0. The fourth-order valence-corrected chi connectivity index (χ4v) is 5.79. The van der Waals surface area contributed by atoms with E-state index in [1.165, 1.54) is 0 Å². The highest BCUT2D eigenvalue weighted by Crippen LogP contribution is 2.35. The van der Waals surface area contributed by atoms with E-state index in [2.05, 4.69) is 29.4 Å². The van der Waals surface area contributed by atoms with Gasteiger partial charge >= 0.3 is 0 Å².